The average molecular weight is 251 g/mol. The van der Waals surface area contributed by atoms with Gasteiger partial charge in [-0.2, -0.15) is 0 Å². The summed E-state index contributed by atoms with van der Waals surface area (Å²) in [6, 6.07) is 3.99. The van der Waals surface area contributed by atoms with Gasteiger partial charge in [-0.3, -0.25) is 4.98 Å². The van der Waals surface area contributed by atoms with Gasteiger partial charge in [-0.25, -0.2) is 0 Å². The zero-order chi connectivity index (χ0) is 13.4. The fourth-order valence-corrected chi connectivity index (χ4v) is 1.91. The fourth-order valence-electron chi connectivity index (χ4n) is 1.91. The number of likely N-dealkylation sites (N-methyl/N-ethyl adjacent to an activating group) is 1. The summed E-state index contributed by atoms with van der Waals surface area (Å²) in [6.07, 6.45) is 1.48. The van der Waals surface area contributed by atoms with Gasteiger partial charge in [0.1, 0.15) is 0 Å². The number of pyridine rings is 1. The lowest BCUT2D eigenvalue weighted by molar-refractivity contribution is 0.116. The first-order valence-corrected chi connectivity index (χ1v) is 6.69. The van der Waals surface area contributed by atoms with E-state index < -0.39 is 0 Å². The first-order chi connectivity index (χ1) is 8.67. The summed E-state index contributed by atoms with van der Waals surface area (Å²) in [4.78, 5) is 6.53. The van der Waals surface area contributed by atoms with Crippen molar-refractivity contribution >= 4 is 0 Å². The number of aliphatic hydroxyl groups excluding tert-OH is 1. The fraction of sp³-hybridized carbons (Fsp3) is 0.643. The standard InChI is InChI=1S/C14H25N3O/c1-4-17(5-2)11-13(18)9-15-10-14-12(3)7-6-8-16-14/h6-8,13,15,18H,4-5,9-11H2,1-3H3. The van der Waals surface area contributed by atoms with Gasteiger partial charge >= 0.3 is 0 Å². The summed E-state index contributed by atoms with van der Waals surface area (Å²) >= 11 is 0. The molecule has 0 spiro atoms. The third-order valence-corrected chi connectivity index (χ3v) is 3.15. The highest BCUT2D eigenvalue weighted by Gasteiger charge is 2.08. The Bertz CT molecular complexity index is 340. The number of hydrogen-bond donors (Lipinski definition) is 2. The Kier molecular flexibility index (Phi) is 6.86. The second kappa shape index (κ2) is 8.19. The predicted octanol–water partition coefficient (Wildman–Crippen LogP) is 1.18. The van der Waals surface area contributed by atoms with Crippen molar-refractivity contribution < 1.29 is 5.11 Å². The van der Waals surface area contributed by atoms with Crippen LogP contribution in [0.15, 0.2) is 18.3 Å². The van der Waals surface area contributed by atoms with Crippen molar-refractivity contribution in [3.05, 3.63) is 29.6 Å². The van der Waals surface area contributed by atoms with Crippen LogP contribution in [-0.4, -0.2) is 47.3 Å². The van der Waals surface area contributed by atoms with Gasteiger partial charge in [0.2, 0.25) is 0 Å². The normalized spacial score (nSPS) is 12.9. The van der Waals surface area contributed by atoms with Gasteiger partial charge in [0.25, 0.3) is 0 Å². The predicted molar refractivity (Wildman–Crippen MR) is 74.5 cm³/mol. The summed E-state index contributed by atoms with van der Waals surface area (Å²) in [5, 5.41) is 13.2. The number of nitrogens with one attached hydrogen (secondary N) is 1. The second-order valence-corrected chi connectivity index (χ2v) is 4.54. The van der Waals surface area contributed by atoms with Gasteiger partial charge < -0.3 is 15.3 Å². The molecule has 0 aliphatic heterocycles. The molecular weight excluding hydrogens is 226 g/mol. The summed E-state index contributed by atoms with van der Waals surface area (Å²) in [7, 11) is 0. The first-order valence-electron chi connectivity index (χ1n) is 6.69. The van der Waals surface area contributed by atoms with E-state index >= 15 is 0 Å². The largest absolute Gasteiger partial charge is 0.390 e. The van der Waals surface area contributed by atoms with Crippen LogP contribution in [0, 0.1) is 6.92 Å². The van der Waals surface area contributed by atoms with E-state index in [4.69, 9.17) is 0 Å². The van der Waals surface area contributed by atoms with Crippen molar-refractivity contribution in [3.63, 3.8) is 0 Å². The van der Waals surface area contributed by atoms with Crippen molar-refractivity contribution in [1.82, 2.24) is 15.2 Å². The van der Waals surface area contributed by atoms with E-state index in [0.717, 1.165) is 25.3 Å². The average Bonchev–Trinajstić information content (AvgIpc) is 2.38. The van der Waals surface area contributed by atoms with Gasteiger partial charge in [-0.1, -0.05) is 19.9 Å². The maximum atomic E-state index is 9.90. The number of aryl methyl sites for hydroxylation is 1. The van der Waals surface area contributed by atoms with E-state index in [1.165, 1.54) is 5.56 Å². The number of hydrogen-bond acceptors (Lipinski definition) is 4. The molecule has 0 fully saturated rings. The highest BCUT2D eigenvalue weighted by Crippen LogP contribution is 2.02. The van der Waals surface area contributed by atoms with E-state index in [1.807, 2.05) is 6.07 Å². The third kappa shape index (κ3) is 5.12. The molecule has 0 saturated carbocycles. The molecule has 2 N–H and O–H groups in total. The molecule has 4 heteroatoms. The van der Waals surface area contributed by atoms with E-state index in [9.17, 15) is 5.11 Å². The zero-order valence-corrected chi connectivity index (χ0v) is 11.7. The molecule has 1 rings (SSSR count). The number of nitrogens with zero attached hydrogens (tertiary/aromatic N) is 2. The van der Waals surface area contributed by atoms with Crippen molar-refractivity contribution in [3.8, 4) is 0 Å². The molecule has 0 saturated heterocycles. The van der Waals surface area contributed by atoms with Crippen molar-refractivity contribution in [1.29, 1.82) is 0 Å². The molecule has 1 aromatic heterocycles. The molecule has 0 aliphatic rings. The topological polar surface area (TPSA) is 48.4 Å². The van der Waals surface area contributed by atoms with Crippen LogP contribution >= 0.6 is 0 Å². The van der Waals surface area contributed by atoms with Crippen LogP contribution in [0.2, 0.25) is 0 Å². The molecule has 1 atom stereocenters. The quantitative estimate of drug-likeness (QED) is 0.728. The Labute approximate surface area is 110 Å². The Hall–Kier alpha value is -0.970. The van der Waals surface area contributed by atoms with Crippen molar-refractivity contribution in [2.75, 3.05) is 26.2 Å². The molecule has 0 aromatic carbocycles. The summed E-state index contributed by atoms with van der Waals surface area (Å²) < 4.78 is 0. The lowest BCUT2D eigenvalue weighted by Crippen LogP contribution is -2.38. The van der Waals surface area contributed by atoms with Gasteiger partial charge in [-0.15, -0.1) is 0 Å². The minimum absolute atomic E-state index is 0.325. The minimum atomic E-state index is -0.325. The molecule has 0 bridgehead atoms. The number of aliphatic hydroxyl groups is 1. The molecule has 102 valence electrons. The van der Waals surface area contributed by atoms with Crippen LogP contribution in [0.3, 0.4) is 0 Å². The van der Waals surface area contributed by atoms with Crippen LogP contribution in [0.25, 0.3) is 0 Å². The van der Waals surface area contributed by atoms with Crippen LogP contribution in [0.4, 0.5) is 0 Å². The van der Waals surface area contributed by atoms with Gasteiger partial charge in [-0.05, 0) is 31.6 Å². The van der Waals surface area contributed by atoms with Crippen LogP contribution in [-0.2, 0) is 6.54 Å². The number of aromatic nitrogens is 1. The van der Waals surface area contributed by atoms with Gasteiger partial charge in [0.15, 0.2) is 0 Å². The Morgan fingerprint density at radius 2 is 2.11 bits per heavy atom. The SMILES string of the molecule is CCN(CC)CC(O)CNCc1ncccc1C. The Morgan fingerprint density at radius 3 is 2.72 bits per heavy atom. The molecule has 4 nitrogen and oxygen atoms in total. The maximum absolute atomic E-state index is 9.90. The minimum Gasteiger partial charge on any atom is -0.390 e. The Balaban J connectivity index is 2.27. The van der Waals surface area contributed by atoms with Crippen LogP contribution < -0.4 is 5.32 Å². The lowest BCUT2D eigenvalue weighted by Gasteiger charge is -2.22. The third-order valence-electron chi connectivity index (χ3n) is 3.15. The molecular formula is C14H25N3O. The highest BCUT2D eigenvalue weighted by molar-refractivity contribution is 5.17. The Morgan fingerprint density at radius 1 is 1.39 bits per heavy atom. The van der Waals surface area contributed by atoms with Crippen molar-refractivity contribution in [2.45, 2.75) is 33.4 Å². The van der Waals surface area contributed by atoms with Gasteiger partial charge in [0.05, 0.1) is 11.8 Å². The monoisotopic (exact) mass is 251 g/mol. The smallest absolute Gasteiger partial charge is 0.0791 e. The second-order valence-electron chi connectivity index (χ2n) is 4.54. The molecule has 18 heavy (non-hydrogen) atoms. The first kappa shape index (κ1) is 15.1. The molecule has 1 aromatic rings. The summed E-state index contributed by atoms with van der Waals surface area (Å²) in [6.45, 7) is 10.3. The van der Waals surface area contributed by atoms with Crippen molar-refractivity contribution in [2.24, 2.45) is 0 Å². The zero-order valence-electron chi connectivity index (χ0n) is 11.7. The van der Waals surface area contributed by atoms with E-state index in [1.54, 1.807) is 6.20 Å². The molecule has 1 unspecified atom stereocenters. The van der Waals surface area contributed by atoms with Crippen LogP contribution in [0.1, 0.15) is 25.1 Å². The number of rotatable bonds is 8. The maximum Gasteiger partial charge on any atom is 0.0791 e. The lowest BCUT2D eigenvalue weighted by atomic mass is 10.2. The summed E-state index contributed by atoms with van der Waals surface area (Å²) in [5.74, 6) is 0. The van der Waals surface area contributed by atoms with E-state index in [0.29, 0.717) is 13.1 Å². The molecule has 0 radical (unpaired) electrons. The van der Waals surface area contributed by atoms with Crippen LogP contribution in [0.5, 0.6) is 0 Å². The molecule has 0 aliphatic carbocycles. The van der Waals surface area contributed by atoms with Gasteiger partial charge in [0, 0.05) is 25.8 Å². The highest BCUT2D eigenvalue weighted by atomic mass is 16.3. The summed E-state index contributed by atoms with van der Waals surface area (Å²) in [5.41, 5.74) is 2.23. The molecule has 1 heterocycles. The van der Waals surface area contributed by atoms with E-state index in [-0.39, 0.29) is 6.10 Å². The van der Waals surface area contributed by atoms with E-state index in [2.05, 4.69) is 42.0 Å². The molecule has 0 amide bonds.